The van der Waals surface area contributed by atoms with Crippen LogP contribution >= 0.6 is 11.3 Å². The third-order valence-corrected chi connectivity index (χ3v) is 5.47. The molecular formula is C21H22N2OS. The molecule has 1 amide bonds. The van der Waals surface area contributed by atoms with Gasteiger partial charge in [-0.25, -0.2) is 0 Å². The summed E-state index contributed by atoms with van der Waals surface area (Å²) < 4.78 is 3.23. The molecule has 0 radical (unpaired) electrons. The number of nitrogens with zero attached hydrogens (tertiary/aromatic N) is 2. The maximum Gasteiger partial charge on any atom is 0.279 e. The van der Waals surface area contributed by atoms with Crippen molar-refractivity contribution in [2.24, 2.45) is 4.99 Å². The SMILES string of the molecule is C=CCn1c(=NC(=O)c2ccc(C)cc2C)sc2c(C)cc(C)cc21. The van der Waals surface area contributed by atoms with Crippen LogP contribution in [0.2, 0.25) is 0 Å². The molecule has 2 aromatic carbocycles. The van der Waals surface area contributed by atoms with Gasteiger partial charge in [0.25, 0.3) is 5.91 Å². The Bertz CT molecular complexity index is 1050. The quantitative estimate of drug-likeness (QED) is 0.621. The number of allylic oxidation sites excluding steroid dienone is 1. The normalized spacial score (nSPS) is 11.9. The molecule has 0 N–H and O–H groups in total. The number of thiazole rings is 1. The van der Waals surface area contributed by atoms with Gasteiger partial charge in [-0.05, 0) is 56.5 Å². The van der Waals surface area contributed by atoms with Crippen LogP contribution in [0.1, 0.15) is 32.6 Å². The topological polar surface area (TPSA) is 34.4 Å². The van der Waals surface area contributed by atoms with Crippen molar-refractivity contribution in [2.45, 2.75) is 34.2 Å². The van der Waals surface area contributed by atoms with Crippen LogP contribution in [0.5, 0.6) is 0 Å². The lowest BCUT2D eigenvalue weighted by atomic mass is 10.1. The first-order valence-electron chi connectivity index (χ1n) is 8.28. The highest BCUT2D eigenvalue weighted by Crippen LogP contribution is 2.23. The van der Waals surface area contributed by atoms with Crippen LogP contribution in [-0.2, 0) is 6.54 Å². The number of hydrogen-bond donors (Lipinski definition) is 0. The third-order valence-electron chi connectivity index (χ3n) is 4.24. The first-order valence-corrected chi connectivity index (χ1v) is 9.10. The van der Waals surface area contributed by atoms with E-state index in [0.29, 0.717) is 16.9 Å². The van der Waals surface area contributed by atoms with Gasteiger partial charge in [-0.2, -0.15) is 4.99 Å². The van der Waals surface area contributed by atoms with E-state index in [9.17, 15) is 4.79 Å². The number of aryl methyl sites for hydroxylation is 4. The zero-order valence-electron chi connectivity index (χ0n) is 15.1. The molecule has 128 valence electrons. The minimum atomic E-state index is -0.198. The van der Waals surface area contributed by atoms with Crippen LogP contribution in [0.25, 0.3) is 10.2 Å². The van der Waals surface area contributed by atoms with E-state index < -0.39 is 0 Å². The molecule has 0 saturated heterocycles. The van der Waals surface area contributed by atoms with Crippen molar-refractivity contribution < 1.29 is 4.79 Å². The number of amides is 1. The molecule has 0 bridgehead atoms. The number of carbonyl (C=O) groups excluding carboxylic acids is 1. The van der Waals surface area contributed by atoms with Gasteiger partial charge < -0.3 is 4.57 Å². The Morgan fingerprint density at radius 2 is 1.84 bits per heavy atom. The molecular weight excluding hydrogens is 328 g/mol. The molecule has 0 unspecified atom stereocenters. The van der Waals surface area contributed by atoms with E-state index in [1.807, 2.05) is 38.1 Å². The maximum atomic E-state index is 12.7. The highest BCUT2D eigenvalue weighted by molar-refractivity contribution is 7.16. The van der Waals surface area contributed by atoms with Crippen molar-refractivity contribution in [1.82, 2.24) is 4.57 Å². The van der Waals surface area contributed by atoms with E-state index in [4.69, 9.17) is 0 Å². The first kappa shape index (κ1) is 17.4. The summed E-state index contributed by atoms with van der Waals surface area (Å²) in [4.78, 5) is 17.9. The Balaban J connectivity index is 2.21. The molecule has 1 aromatic heterocycles. The molecule has 0 aliphatic heterocycles. The highest BCUT2D eigenvalue weighted by Gasteiger charge is 2.12. The van der Waals surface area contributed by atoms with Crippen LogP contribution < -0.4 is 4.80 Å². The van der Waals surface area contributed by atoms with Crippen LogP contribution in [0.4, 0.5) is 0 Å². The third kappa shape index (κ3) is 3.35. The van der Waals surface area contributed by atoms with Crippen molar-refractivity contribution in [3.05, 3.63) is 75.6 Å². The summed E-state index contributed by atoms with van der Waals surface area (Å²) in [5, 5.41) is 0. The molecule has 0 atom stereocenters. The van der Waals surface area contributed by atoms with E-state index in [1.54, 1.807) is 11.3 Å². The standard InChI is InChI=1S/C21H22N2OS/c1-6-9-23-18-12-14(3)11-16(5)19(18)25-21(23)22-20(24)17-8-7-13(2)10-15(17)4/h6-8,10-12H,1,9H2,2-5H3. The van der Waals surface area contributed by atoms with E-state index >= 15 is 0 Å². The number of benzene rings is 2. The molecule has 0 spiro atoms. The van der Waals surface area contributed by atoms with E-state index in [0.717, 1.165) is 16.6 Å². The second-order valence-corrected chi connectivity index (χ2v) is 7.43. The summed E-state index contributed by atoms with van der Waals surface area (Å²) in [7, 11) is 0. The molecule has 25 heavy (non-hydrogen) atoms. The van der Waals surface area contributed by atoms with Crippen LogP contribution in [0, 0.1) is 27.7 Å². The van der Waals surface area contributed by atoms with Crippen LogP contribution in [0.15, 0.2) is 48.0 Å². The Morgan fingerprint density at radius 3 is 2.52 bits per heavy atom. The largest absolute Gasteiger partial charge is 0.312 e. The number of fused-ring (bicyclic) bond motifs is 1. The van der Waals surface area contributed by atoms with Gasteiger partial charge in [-0.15, -0.1) is 6.58 Å². The Labute approximate surface area is 152 Å². The number of carbonyl (C=O) groups is 1. The predicted octanol–water partition coefficient (Wildman–Crippen LogP) is 4.86. The molecule has 3 aromatic rings. The minimum absolute atomic E-state index is 0.198. The fourth-order valence-electron chi connectivity index (χ4n) is 3.10. The van der Waals surface area contributed by atoms with Gasteiger partial charge in [0.05, 0.1) is 10.2 Å². The lowest BCUT2D eigenvalue weighted by molar-refractivity contribution is 0.0997. The van der Waals surface area contributed by atoms with Gasteiger partial charge in [0, 0.05) is 12.1 Å². The highest BCUT2D eigenvalue weighted by atomic mass is 32.1. The fourth-order valence-corrected chi connectivity index (χ4v) is 4.19. The van der Waals surface area contributed by atoms with Gasteiger partial charge in [0.15, 0.2) is 4.80 Å². The van der Waals surface area contributed by atoms with E-state index in [1.165, 1.54) is 15.8 Å². The number of hydrogen-bond acceptors (Lipinski definition) is 2. The summed E-state index contributed by atoms with van der Waals surface area (Å²) in [5.74, 6) is -0.198. The van der Waals surface area contributed by atoms with Gasteiger partial charge in [0.2, 0.25) is 0 Å². The number of aromatic nitrogens is 1. The molecule has 3 nitrogen and oxygen atoms in total. The van der Waals surface area contributed by atoms with Crippen molar-refractivity contribution in [1.29, 1.82) is 0 Å². The van der Waals surface area contributed by atoms with Crippen molar-refractivity contribution in [2.75, 3.05) is 0 Å². The predicted molar refractivity (Wildman–Crippen MR) is 105 cm³/mol. The first-order chi connectivity index (χ1) is 11.9. The Hall–Kier alpha value is -2.46. The van der Waals surface area contributed by atoms with Gasteiger partial charge >= 0.3 is 0 Å². The van der Waals surface area contributed by atoms with Crippen molar-refractivity contribution in [3.8, 4) is 0 Å². The summed E-state index contributed by atoms with van der Waals surface area (Å²) in [6, 6.07) is 10.1. The summed E-state index contributed by atoms with van der Waals surface area (Å²) in [6.45, 7) is 12.6. The Morgan fingerprint density at radius 1 is 1.12 bits per heavy atom. The molecule has 0 saturated carbocycles. The molecule has 4 heteroatoms. The lowest BCUT2D eigenvalue weighted by Crippen LogP contribution is -2.16. The summed E-state index contributed by atoms with van der Waals surface area (Å²) >= 11 is 1.56. The minimum Gasteiger partial charge on any atom is -0.312 e. The smallest absolute Gasteiger partial charge is 0.279 e. The van der Waals surface area contributed by atoms with Crippen molar-refractivity contribution >= 4 is 27.5 Å². The molecule has 3 rings (SSSR count). The fraction of sp³-hybridized carbons (Fsp3) is 0.238. The van der Waals surface area contributed by atoms with Gasteiger partial charge in [0.1, 0.15) is 0 Å². The van der Waals surface area contributed by atoms with Gasteiger partial charge in [-0.3, -0.25) is 4.79 Å². The van der Waals surface area contributed by atoms with Crippen molar-refractivity contribution in [3.63, 3.8) is 0 Å². The Kier molecular flexibility index (Phi) is 4.73. The molecule has 0 fully saturated rings. The second-order valence-electron chi connectivity index (χ2n) is 6.45. The average Bonchev–Trinajstić information content (AvgIpc) is 2.86. The zero-order valence-corrected chi connectivity index (χ0v) is 15.9. The number of rotatable bonds is 3. The lowest BCUT2D eigenvalue weighted by Gasteiger charge is -2.04. The average molecular weight is 350 g/mol. The summed E-state index contributed by atoms with van der Waals surface area (Å²) in [5.41, 5.74) is 6.27. The van der Waals surface area contributed by atoms with E-state index in [2.05, 4.69) is 42.1 Å². The van der Waals surface area contributed by atoms with Gasteiger partial charge in [-0.1, -0.05) is 41.2 Å². The molecule has 0 aliphatic rings. The van der Waals surface area contributed by atoms with Crippen LogP contribution in [0.3, 0.4) is 0 Å². The monoisotopic (exact) mass is 350 g/mol. The molecule has 0 aliphatic carbocycles. The summed E-state index contributed by atoms with van der Waals surface area (Å²) in [6.07, 6.45) is 1.84. The second kappa shape index (κ2) is 6.81. The molecule has 1 heterocycles. The van der Waals surface area contributed by atoms with Crippen LogP contribution in [-0.4, -0.2) is 10.5 Å². The zero-order chi connectivity index (χ0) is 18.1. The maximum absolute atomic E-state index is 12.7. The van der Waals surface area contributed by atoms with E-state index in [-0.39, 0.29) is 5.91 Å².